The van der Waals surface area contributed by atoms with Gasteiger partial charge in [0.2, 0.25) is 0 Å². The van der Waals surface area contributed by atoms with Gasteiger partial charge in [0.25, 0.3) is 0 Å². The summed E-state index contributed by atoms with van der Waals surface area (Å²) in [6.07, 6.45) is 2.55. The molecule has 0 bridgehead atoms. The van der Waals surface area contributed by atoms with E-state index in [2.05, 4.69) is 28.1 Å². The molecule has 15 heavy (non-hydrogen) atoms. The molecule has 1 saturated heterocycles. The summed E-state index contributed by atoms with van der Waals surface area (Å²) in [5, 5.41) is 1.25. The van der Waals surface area contributed by atoms with Gasteiger partial charge >= 0.3 is 0 Å². The summed E-state index contributed by atoms with van der Waals surface area (Å²) in [5.41, 5.74) is 8.37. The number of nitrogens with two attached hydrogens (primary N) is 1. The predicted molar refractivity (Wildman–Crippen MR) is 64.2 cm³/mol. The fourth-order valence-electron chi connectivity index (χ4n) is 2.43. The number of rotatable bonds is 1. The number of hydrogen-bond donors (Lipinski definition) is 2. The Morgan fingerprint density at radius 3 is 2.67 bits per heavy atom. The zero-order valence-electron chi connectivity index (χ0n) is 8.66. The number of nitrogens with one attached hydrogen (secondary N) is 1. The molecule has 1 aliphatic rings. The van der Waals surface area contributed by atoms with Crippen molar-refractivity contribution in [3.05, 3.63) is 24.3 Å². The van der Waals surface area contributed by atoms with Gasteiger partial charge in [0.05, 0.1) is 5.69 Å². The monoisotopic (exact) mass is 201 g/mol. The number of anilines is 2. The average Bonchev–Trinajstić information content (AvgIpc) is 2.82. The van der Waals surface area contributed by atoms with Gasteiger partial charge in [-0.1, -0.05) is 18.2 Å². The standard InChI is InChI=1S/C12H15N3/c13-12-11(15-7-3-4-8-15)9-5-1-2-6-10(9)14-12/h1-2,5-6,14H,3-4,7-8,13H2. The normalized spacial score (nSPS) is 16.4. The lowest BCUT2D eigenvalue weighted by atomic mass is 10.2. The molecule has 0 atom stereocenters. The quantitative estimate of drug-likeness (QED) is 0.744. The molecular formula is C12H15N3. The van der Waals surface area contributed by atoms with Gasteiger partial charge in [-0.2, -0.15) is 0 Å². The van der Waals surface area contributed by atoms with Crippen molar-refractivity contribution in [3.63, 3.8) is 0 Å². The van der Waals surface area contributed by atoms with Gasteiger partial charge in [-0.3, -0.25) is 0 Å². The number of para-hydroxylation sites is 1. The fraction of sp³-hybridized carbons (Fsp3) is 0.333. The minimum absolute atomic E-state index is 0.804. The van der Waals surface area contributed by atoms with Crippen LogP contribution >= 0.6 is 0 Å². The Morgan fingerprint density at radius 1 is 1.13 bits per heavy atom. The molecule has 0 aliphatic carbocycles. The molecule has 3 heteroatoms. The number of H-pyrrole nitrogens is 1. The Balaban J connectivity index is 2.19. The molecule has 1 aromatic carbocycles. The summed E-state index contributed by atoms with van der Waals surface area (Å²) in [6, 6.07) is 8.31. The van der Waals surface area contributed by atoms with Crippen molar-refractivity contribution in [1.82, 2.24) is 4.98 Å². The summed E-state index contributed by atoms with van der Waals surface area (Å²) in [6.45, 7) is 2.26. The van der Waals surface area contributed by atoms with Crippen molar-refractivity contribution < 1.29 is 0 Å². The molecule has 1 fully saturated rings. The molecule has 0 unspecified atom stereocenters. The number of benzene rings is 1. The van der Waals surface area contributed by atoms with Crippen LogP contribution < -0.4 is 10.6 Å². The number of nitrogen functional groups attached to an aromatic ring is 1. The Morgan fingerprint density at radius 2 is 1.87 bits per heavy atom. The minimum atomic E-state index is 0.804. The van der Waals surface area contributed by atoms with E-state index in [0.717, 1.165) is 24.4 Å². The lowest BCUT2D eigenvalue weighted by Gasteiger charge is -2.17. The smallest absolute Gasteiger partial charge is 0.125 e. The number of nitrogens with zero attached hydrogens (tertiary/aromatic N) is 1. The zero-order chi connectivity index (χ0) is 10.3. The predicted octanol–water partition coefficient (Wildman–Crippen LogP) is 2.35. The van der Waals surface area contributed by atoms with Gasteiger partial charge in [0.15, 0.2) is 0 Å². The van der Waals surface area contributed by atoms with E-state index in [4.69, 9.17) is 5.73 Å². The van der Waals surface area contributed by atoms with Crippen molar-refractivity contribution in [2.24, 2.45) is 0 Å². The maximum absolute atomic E-state index is 6.04. The lowest BCUT2D eigenvalue weighted by molar-refractivity contribution is 0.949. The van der Waals surface area contributed by atoms with E-state index in [0.29, 0.717) is 0 Å². The van der Waals surface area contributed by atoms with Gasteiger partial charge in [0.1, 0.15) is 5.82 Å². The molecule has 1 aromatic heterocycles. The van der Waals surface area contributed by atoms with Crippen LogP contribution in [0.2, 0.25) is 0 Å². The molecular weight excluding hydrogens is 186 g/mol. The molecule has 0 amide bonds. The van der Waals surface area contributed by atoms with Gasteiger partial charge < -0.3 is 15.6 Å². The van der Waals surface area contributed by atoms with Crippen LogP contribution in [0.4, 0.5) is 11.5 Å². The molecule has 1 aliphatic heterocycles. The fourth-order valence-corrected chi connectivity index (χ4v) is 2.43. The van der Waals surface area contributed by atoms with Crippen molar-refractivity contribution in [2.45, 2.75) is 12.8 Å². The topological polar surface area (TPSA) is 45.1 Å². The van der Waals surface area contributed by atoms with Gasteiger partial charge in [-0.05, 0) is 18.9 Å². The Kier molecular flexibility index (Phi) is 1.84. The third-order valence-electron chi connectivity index (χ3n) is 3.13. The number of hydrogen-bond acceptors (Lipinski definition) is 2. The average molecular weight is 201 g/mol. The van der Waals surface area contributed by atoms with Crippen LogP contribution in [0.5, 0.6) is 0 Å². The van der Waals surface area contributed by atoms with Crippen LogP contribution in [0.1, 0.15) is 12.8 Å². The first-order valence-corrected chi connectivity index (χ1v) is 5.47. The lowest BCUT2D eigenvalue weighted by Crippen LogP contribution is -2.18. The molecule has 3 rings (SSSR count). The van der Waals surface area contributed by atoms with Crippen molar-refractivity contribution in [2.75, 3.05) is 23.7 Å². The zero-order valence-corrected chi connectivity index (χ0v) is 8.66. The van der Waals surface area contributed by atoms with E-state index in [1.54, 1.807) is 0 Å². The third-order valence-corrected chi connectivity index (χ3v) is 3.13. The van der Waals surface area contributed by atoms with E-state index in [-0.39, 0.29) is 0 Å². The highest BCUT2D eigenvalue weighted by Gasteiger charge is 2.18. The largest absolute Gasteiger partial charge is 0.384 e. The summed E-state index contributed by atoms with van der Waals surface area (Å²) in [5.74, 6) is 0.804. The van der Waals surface area contributed by atoms with Crippen LogP contribution in [0, 0.1) is 0 Å². The molecule has 78 valence electrons. The second-order valence-corrected chi connectivity index (χ2v) is 4.13. The Bertz CT molecular complexity index is 481. The van der Waals surface area contributed by atoms with Gasteiger partial charge in [0, 0.05) is 24.0 Å². The van der Waals surface area contributed by atoms with E-state index < -0.39 is 0 Å². The van der Waals surface area contributed by atoms with Crippen LogP contribution in [0.3, 0.4) is 0 Å². The van der Waals surface area contributed by atoms with Crippen molar-refractivity contribution in [1.29, 1.82) is 0 Å². The molecule has 2 heterocycles. The highest BCUT2D eigenvalue weighted by atomic mass is 15.2. The third kappa shape index (κ3) is 1.27. The molecule has 2 aromatic rings. The maximum Gasteiger partial charge on any atom is 0.125 e. The number of fused-ring (bicyclic) bond motifs is 1. The second-order valence-electron chi connectivity index (χ2n) is 4.13. The molecule has 0 radical (unpaired) electrons. The van der Waals surface area contributed by atoms with Crippen LogP contribution in [0.25, 0.3) is 10.9 Å². The number of aromatic amines is 1. The van der Waals surface area contributed by atoms with E-state index in [1.165, 1.54) is 23.9 Å². The van der Waals surface area contributed by atoms with Crippen LogP contribution in [0.15, 0.2) is 24.3 Å². The van der Waals surface area contributed by atoms with Crippen molar-refractivity contribution >= 4 is 22.4 Å². The van der Waals surface area contributed by atoms with Gasteiger partial charge in [-0.25, -0.2) is 0 Å². The molecule has 0 spiro atoms. The molecule has 0 saturated carbocycles. The van der Waals surface area contributed by atoms with Crippen LogP contribution in [-0.4, -0.2) is 18.1 Å². The second kappa shape index (κ2) is 3.19. The molecule has 3 nitrogen and oxygen atoms in total. The summed E-state index contributed by atoms with van der Waals surface area (Å²) >= 11 is 0. The summed E-state index contributed by atoms with van der Waals surface area (Å²) in [7, 11) is 0. The van der Waals surface area contributed by atoms with Crippen molar-refractivity contribution in [3.8, 4) is 0 Å². The first-order valence-electron chi connectivity index (χ1n) is 5.47. The number of aromatic nitrogens is 1. The van der Waals surface area contributed by atoms with Gasteiger partial charge in [-0.15, -0.1) is 0 Å². The Labute approximate surface area is 88.9 Å². The highest BCUT2D eigenvalue weighted by Crippen LogP contribution is 2.34. The Hall–Kier alpha value is -1.64. The minimum Gasteiger partial charge on any atom is -0.384 e. The molecule has 3 N–H and O–H groups in total. The summed E-state index contributed by atoms with van der Waals surface area (Å²) in [4.78, 5) is 5.62. The highest BCUT2D eigenvalue weighted by molar-refractivity contribution is 5.99. The van der Waals surface area contributed by atoms with E-state index in [9.17, 15) is 0 Å². The van der Waals surface area contributed by atoms with Crippen LogP contribution in [-0.2, 0) is 0 Å². The SMILES string of the molecule is Nc1[nH]c2ccccc2c1N1CCCC1. The maximum atomic E-state index is 6.04. The first kappa shape index (κ1) is 8.65. The first-order chi connectivity index (χ1) is 7.36. The summed E-state index contributed by atoms with van der Waals surface area (Å²) < 4.78 is 0. The van der Waals surface area contributed by atoms with E-state index in [1.807, 2.05) is 6.07 Å². The van der Waals surface area contributed by atoms with E-state index >= 15 is 0 Å².